The molecule has 146 valence electrons. The molecular weight excluding hydrogens is 385 g/mol. The summed E-state index contributed by atoms with van der Waals surface area (Å²) in [7, 11) is -1.49. The molecule has 2 N–H and O–H groups in total. The average molecular weight is 402 g/mol. The monoisotopic (exact) mass is 402 g/mol. The summed E-state index contributed by atoms with van der Waals surface area (Å²) < 4.78 is 67.2. The number of sulfonamides is 1. The summed E-state index contributed by atoms with van der Waals surface area (Å²) in [5, 5.41) is 5.07. The number of hydrogen-bond acceptors (Lipinski definition) is 5. The van der Waals surface area contributed by atoms with Crippen LogP contribution in [0.15, 0.2) is 47.4 Å². The van der Waals surface area contributed by atoms with E-state index in [9.17, 15) is 26.4 Å². The molecule has 0 amide bonds. The summed E-state index contributed by atoms with van der Waals surface area (Å²) in [5.41, 5.74) is -0.723. The smallest absolute Gasteiger partial charge is 0.416 e. The van der Waals surface area contributed by atoms with Gasteiger partial charge in [0, 0.05) is 13.6 Å². The minimum Gasteiger partial charge on any atom is -0.465 e. The molecule has 0 aliphatic rings. The van der Waals surface area contributed by atoms with Crippen LogP contribution in [0.2, 0.25) is 0 Å². The Bertz CT molecular complexity index is 959. The van der Waals surface area contributed by atoms with Crippen LogP contribution >= 0.6 is 0 Å². The molecule has 27 heavy (non-hydrogen) atoms. The van der Waals surface area contributed by atoms with Crippen LogP contribution in [-0.2, 0) is 27.5 Å². The summed E-state index contributed by atoms with van der Waals surface area (Å²) in [6.07, 6.45) is -4.53. The van der Waals surface area contributed by atoms with E-state index in [4.69, 9.17) is 5.14 Å². The second-order valence-electron chi connectivity index (χ2n) is 5.73. The first kappa shape index (κ1) is 20.7. The molecule has 0 bridgehead atoms. The van der Waals surface area contributed by atoms with Crippen LogP contribution in [0.4, 0.5) is 18.9 Å². The van der Waals surface area contributed by atoms with E-state index in [0.717, 1.165) is 19.2 Å². The molecule has 0 spiro atoms. The number of primary sulfonamides is 1. The molecule has 2 rings (SSSR count). The number of anilines is 1. The number of carbonyl (C=O) groups excluding carboxylic acids is 1. The Labute approximate surface area is 154 Å². The number of hydrogen-bond donors (Lipinski definition) is 1. The number of ether oxygens (including phenoxy) is 1. The fraction of sp³-hybridized carbons (Fsp3) is 0.235. The van der Waals surface area contributed by atoms with Gasteiger partial charge in [-0.15, -0.1) is 0 Å². The zero-order valence-electron chi connectivity index (χ0n) is 14.4. The Balaban J connectivity index is 2.48. The molecule has 2 aromatic carbocycles. The summed E-state index contributed by atoms with van der Waals surface area (Å²) in [6.45, 7) is -0.172. The lowest BCUT2D eigenvalue weighted by atomic mass is 10.1. The topological polar surface area (TPSA) is 89.7 Å². The third-order valence-corrected chi connectivity index (χ3v) is 4.75. The van der Waals surface area contributed by atoms with Crippen molar-refractivity contribution >= 4 is 21.7 Å². The number of rotatable bonds is 5. The van der Waals surface area contributed by atoms with Crippen molar-refractivity contribution in [1.29, 1.82) is 0 Å². The van der Waals surface area contributed by atoms with E-state index in [1.54, 1.807) is 0 Å². The molecule has 0 unspecified atom stereocenters. The lowest BCUT2D eigenvalue weighted by Crippen LogP contribution is -2.23. The molecule has 0 radical (unpaired) electrons. The standard InChI is InChI=1S/C17H17F3N2O4S/c1-22(10-11-5-3-4-6-14(11)17(18,19)20)15-8-7-12(27(21,24)25)9-13(15)16(23)26-2/h3-9H,10H2,1-2H3,(H2,21,24,25). The van der Waals surface area contributed by atoms with Crippen LogP contribution in [0, 0.1) is 0 Å². The molecule has 0 saturated carbocycles. The van der Waals surface area contributed by atoms with Crippen LogP contribution in [0.1, 0.15) is 21.5 Å². The Kier molecular flexibility index (Phi) is 5.81. The molecule has 0 saturated heterocycles. The molecule has 6 nitrogen and oxygen atoms in total. The Morgan fingerprint density at radius 1 is 1.19 bits per heavy atom. The quantitative estimate of drug-likeness (QED) is 0.777. The normalized spacial score (nSPS) is 11.9. The molecule has 2 aromatic rings. The average Bonchev–Trinajstić information content (AvgIpc) is 2.59. The molecule has 0 fully saturated rings. The zero-order chi connectivity index (χ0) is 20.4. The number of nitrogens with two attached hydrogens (primary N) is 1. The SMILES string of the molecule is COC(=O)c1cc(S(N)(=O)=O)ccc1N(C)Cc1ccccc1C(F)(F)F. The van der Waals surface area contributed by atoms with Gasteiger partial charge in [0.1, 0.15) is 0 Å². The number of halogens is 3. The summed E-state index contributed by atoms with van der Waals surface area (Å²) in [4.78, 5) is 13.1. The van der Waals surface area contributed by atoms with Crippen molar-refractivity contribution in [3.8, 4) is 0 Å². The molecule has 0 aliphatic heterocycles. The predicted octanol–water partition coefficient (Wildman–Crippen LogP) is 2.78. The van der Waals surface area contributed by atoms with Gasteiger partial charge in [-0.25, -0.2) is 18.4 Å². The fourth-order valence-corrected chi connectivity index (χ4v) is 3.11. The van der Waals surface area contributed by atoms with E-state index in [1.807, 2.05) is 0 Å². The number of alkyl halides is 3. The minimum absolute atomic E-state index is 0.00108. The van der Waals surface area contributed by atoms with Crippen molar-refractivity contribution in [2.24, 2.45) is 5.14 Å². The van der Waals surface area contributed by atoms with Crippen LogP contribution < -0.4 is 10.0 Å². The highest BCUT2D eigenvalue weighted by Gasteiger charge is 2.33. The second kappa shape index (κ2) is 7.57. The van der Waals surface area contributed by atoms with E-state index >= 15 is 0 Å². The maximum absolute atomic E-state index is 13.2. The van der Waals surface area contributed by atoms with E-state index in [1.165, 1.54) is 42.3 Å². The van der Waals surface area contributed by atoms with Gasteiger partial charge in [0.25, 0.3) is 0 Å². The van der Waals surface area contributed by atoms with Crippen molar-refractivity contribution in [2.45, 2.75) is 17.6 Å². The van der Waals surface area contributed by atoms with Gasteiger partial charge in [-0.1, -0.05) is 18.2 Å². The highest BCUT2D eigenvalue weighted by molar-refractivity contribution is 7.89. The molecule has 0 heterocycles. The molecule has 0 aromatic heterocycles. The number of esters is 1. The summed E-state index contributed by atoms with van der Waals surface area (Å²) in [5.74, 6) is -0.841. The molecular formula is C17H17F3N2O4S. The Hall–Kier alpha value is -2.59. The number of benzene rings is 2. The lowest BCUT2D eigenvalue weighted by molar-refractivity contribution is -0.138. The van der Waals surface area contributed by atoms with Crippen LogP contribution in [-0.4, -0.2) is 28.5 Å². The first-order valence-corrected chi connectivity index (χ1v) is 9.11. The van der Waals surface area contributed by atoms with Crippen LogP contribution in [0.3, 0.4) is 0 Å². The summed E-state index contributed by atoms with van der Waals surface area (Å²) >= 11 is 0. The molecule has 10 heteroatoms. The first-order chi connectivity index (χ1) is 12.4. The summed E-state index contributed by atoms with van der Waals surface area (Å²) in [6, 6.07) is 8.55. The maximum Gasteiger partial charge on any atom is 0.416 e. The molecule has 0 atom stereocenters. The predicted molar refractivity (Wildman–Crippen MR) is 92.7 cm³/mol. The Morgan fingerprint density at radius 2 is 1.81 bits per heavy atom. The number of methoxy groups -OCH3 is 1. The van der Waals surface area contributed by atoms with E-state index in [-0.39, 0.29) is 28.3 Å². The van der Waals surface area contributed by atoms with E-state index < -0.39 is 27.7 Å². The minimum atomic E-state index is -4.53. The Morgan fingerprint density at radius 3 is 2.37 bits per heavy atom. The van der Waals surface area contributed by atoms with Crippen molar-refractivity contribution in [2.75, 3.05) is 19.1 Å². The number of carbonyl (C=O) groups is 1. The van der Waals surface area contributed by atoms with Gasteiger partial charge in [0.05, 0.1) is 28.8 Å². The highest BCUT2D eigenvalue weighted by Crippen LogP contribution is 2.33. The van der Waals surface area contributed by atoms with Gasteiger partial charge in [0.15, 0.2) is 0 Å². The lowest BCUT2D eigenvalue weighted by Gasteiger charge is -2.24. The van der Waals surface area contributed by atoms with Crippen LogP contribution in [0.25, 0.3) is 0 Å². The van der Waals surface area contributed by atoms with Gasteiger partial charge in [-0.3, -0.25) is 0 Å². The van der Waals surface area contributed by atoms with Gasteiger partial charge in [-0.05, 0) is 29.8 Å². The van der Waals surface area contributed by atoms with Crippen molar-refractivity contribution in [3.63, 3.8) is 0 Å². The van der Waals surface area contributed by atoms with Crippen molar-refractivity contribution in [3.05, 3.63) is 59.2 Å². The van der Waals surface area contributed by atoms with Gasteiger partial charge in [-0.2, -0.15) is 13.2 Å². The maximum atomic E-state index is 13.2. The molecule has 0 aliphatic carbocycles. The van der Waals surface area contributed by atoms with Gasteiger partial charge >= 0.3 is 12.1 Å². The number of nitrogens with zero attached hydrogens (tertiary/aromatic N) is 1. The van der Waals surface area contributed by atoms with Crippen LogP contribution in [0.5, 0.6) is 0 Å². The van der Waals surface area contributed by atoms with Gasteiger partial charge < -0.3 is 9.64 Å². The first-order valence-electron chi connectivity index (χ1n) is 7.56. The van der Waals surface area contributed by atoms with Crippen molar-refractivity contribution in [1.82, 2.24) is 0 Å². The van der Waals surface area contributed by atoms with E-state index in [2.05, 4.69) is 4.74 Å². The third-order valence-electron chi connectivity index (χ3n) is 3.84. The third kappa shape index (κ3) is 4.77. The fourth-order valence-electron chi connectivity index (χ4n) is 2.57. The van der Waals surface area contributed by atoms with Crippen molar-refractivity contribution < 1.29 is 31.1 Å². The highest BCUT2D eigenvalue weighted by atomic mass is 32.2. The van der Waals surface area contributed by atoms with E-state index in [0.29, 0.717) is 0 Å². The van der Waals surface area contributed by atoms with Gasteiger partial charge in [0.2, 0.25) is 10.0 Å². The second-order valence-corrected chi connectivity index (χ2v) is 7.29. The largest absolute Gasteiger partial charge is 0.465 e. The zero-order valence-corrected chi connectivity index (χ0v) is 15.3.